The van der Waals surface area contributed by atoms with Crippen molar-refractivity contribution in [1.29, 1.82) is 5.26 Å². The molecule has 2 fully saturated rings. The number of nitrogens with one attached hydrogen (secondary N) is 2. The second-order valence-electron chi connectivity index (χ2n) is 11.2. The molecule has 2 aliphatic rings. The first-order chi connectivity index (χ1) is 23.1. The second kappa shape index (κ2) is 17.6. The summed E-state index contributed by atoms with van der Waals surface area (Å²) in [6, 6.07) is 7.88. The zero-order chi connectivity index (χ0) is 32.7. The van der Waals surface area contributed by atoms with Gasteiger partial charge in [0.15, 0.2) is 5.89 Å². The van der Waals surface area contributed by atoms with Crippen LogP contribution >= 0.6 is 0 Å². The number of benzene rings is 1. The lowest BCUT2D eigenvalue weighted by atomic mass is 9.96. The number of ether oxygens (including phenoxy) is 3. The minimum absolute atomic E-state index is 0.249. The van der Waals surface area contributed by atoms with Crippen LogP contribution in [0.5, 0.6) is 11.6 Å². The standard InChI is InChI=1S/C29H33N9O3.C4H9NO/c1-20(15-32-19-31)41-26-13-21(7-8-22(26)14-30)23-16-34-29(35-17-23)36-25-18-38(24-5-3-2-4-6-24)37-28(25)40-11-9-27-33-10-12-39-27;1-3-6-4-2-5-1/h7-8,10,12-13,16-20,24H,2-6,9,11,15H2,1H3,(H2,31,32)(H,34,35,36);5H,1-4H2/t20-;/m0./s1. The molecule has 1 aromatic carbocycles. The van der Waals surface area contributed by atoms with Crippen LogP contribution < -0.4 is 25.8 Å². The minimum Gasteiger partial charge on any atom is -0.487 e. The number of nitriles is 1. The number of aliphatic imine (C=N–C) groups is 1. The number of morpholine rings is 1. The number of nitrogens with two attached hydrogens (primary N) is 1. The van der Waals surface area contributed by atoms with Gasteiger partial charge in [-0.25, -0.2) is 15.0 Å². The molecule has 4 N–H and O–H groups in total. The third-order valence-corrected chi connectivity index (χ3v) is 7.66. The summed E-state index contributed by atoms with van der Waals surface area (Å²) in [7, 11) is 0. The molecule has 0 amide bonds. The van der Waals surface area contributed by atoms with Gasteiger partial charge in [0, 0.05) is 31.0 Å². The molecular formula is C33H42N10O4. The first-order valence-corrected chi connectivity index (χ1v) is 16.0. The summed E-state index contributed by atoms with van der Waals surface area (Å²) < 4.78 is 24.3. The highest BCUT2D eigenvalue weighted by atomic mass is 16.5. The van der Waals surface area contributed by atoms with Crippen LogP contribution in [0.25, 0.3) is 11.1 Å². The highest BCUT2D eigenvalue weighted by Gasteiger charge is 2.20. The predicted octanol–water partition coefficient (Wildman–Crippen LogP) is 4.43. The summed E-state index contributed by atoms with van der Waals surface area (Å²) in [6.07, 6.45) is 15.9. The van der Waals surface area contributed by atoms with Crippen LogP contribution in [0.1, 0.15) is 56.5 Å². The Morgan fingerprint density at radius 2 is 1.98 bits per heavy atom. The molecule has 0 spiro atoms. The Labute approximate surface area is 274 Å². The highest BCUT2D eigenvalue weighted by molar-refractivity contribution is 5.67. The molecule has 3 aromatic heterocycles. The minimum atomic E-state index is -0.249. The maximum absolute atomic E-state index is 9.52. The number of anilines is 2. The molecule has 0 bridgehead atoms. The molecule has 1 saturated carbocycles. The van der Waals surface area contributed by atoms with Crippen LogP contribution in [0.4, 0.5) is 11.6 Å². The fourth-order valence-corrected chi connectivity index (χ4v) is 5.24. The summed E-state index contributed by atoms with van der Waals surface area (Å²) in [4.78, 5) is 17.2. The quantitative estimate of drug-likeness (QED) is 0.146. The average molecular weight is 643 g/mol. The normalized spacial score (nSPS) is 15.7. The van der Waals surface area contributed by atoms with Gasteiger partial charge in [0.1, 0.15) is 29.9 Å². The molecule has 14 nitrogen and oxygen atoms in total. The van der Waals surface area contributed by atoms with Crippen molar-refractivity contribution >= 4 is 18.0 Å². The van der Waals surface area contributed by atoms with E-state index in [1.54, 1.807) is 37.0 Å². The van der Waals surface area contributed by atoms with Gasteiger partial charge in [0.25, 0.3) is 5.88 Å². The molecule has 1 saturated heterocycles. The lowest BCUT2D eigenvalue weighted by Crippen LogP contribution is -2.30. The zero-order valence-electron chi connectivity index (χ0n) is 26.7. The van der Waals surface area contributed by atoms with Gasteiger partial charge in [0.05, 0.1) is 63.1 Å². The van der Waals surface area contributed by atoms with Crippen LogP contribution in [-0.2, 0) is 11.2 Å². The van der Waals surface area contributed by atoms with E-state index in [-0.39, 0.29) is 6.10 Å². The van der Waals surface area contributed by atoms with E-state index < -0.39 is 0 Å². The molecule has 0 radical (unpaired) electrons. The van der Waals surface area contributed by atoms with Gasteiger partial charge in [-0.05, 0) is 37.5 Å². The van der Waals surface area contributed by atoms with E-state index in [4.69, 9.17) is 29.5 Å². The monoisotopic (exact) mass is 642 g/mol. The van der Waals surface area contributed by atoms with E-state index in [1.807, 2.05) is 23.9 Å². The van der Waals surface area contributed by atoms with Gasteiger partial charge in [0.2, 0.25) is 5.95 Å². The lowest BCUT2D eigenvalue weighted by Gasteiger charge is -2.21. The van der Waals surface area contributed by atoms with Crippen LogP contribution in [-0.4, -0.2) is 76.6 Å². The Kier molecular flexibility index (Phi) is 12.5. The Balaban J connectivity index is 0.000000650. The maximum atomic E-state index is 9.52. The Morgan fingerprint density at radius 1 is 1.17 bits per heavy atom. The first kappa shape index (κ1) is 33.4. The van der Waals surface area contributed by atoms with Gasteiger partial charge in [-0.15, -0.1) is 5.10 Å². The van der Waals surface area contributed by atoms with Crippen molar-refractivity contribution in [3.8, 4) is 28.8 Å². The topological polar surface area (TPSA) is 184 Å². The Hall–Kier alpha value is -5.00. The van der Waals surface area contributed by atoms with Gasteiger partial charge in [-0.1, -0.05) is 25.3 Å². The summed E-state index contributed by atoms with van der Waals surface area (Å²) >= 11 is 0. The zero-order valence-corrected chi connectivity index (χ0v) is 26.7. The van der Waals surface area contributed by atoms with Crippen LogP contribution in [0.3, 0.4) is 0 Å². The molecule has 1 atom stereocenters. The Bertz CT molecular complexity index is 1560. The number of aromatic nitrogens is 5. The molecule has 47 heavy (non-hydrogen) atoms. The summed E-state index contributed by atoms with van der Waals surface area (Å²) in [5.41, 5.74) is 8.06. The van der Waals surface area contributed by atoms with Crippen LogP contribution in [0.2, 0.25) is 0 Å². The maximum Gasteiger partial charge on any atom is 0.256 e. The number of hydrogen-bond acceptors (Lipinski definition) is 12. The Morgan fingerprint density at radius 3 is 2.64 bits per heavy atom. The lowest BCUT2D eigenvalue weighted by molar-refractivity contribution is 0.109. The van der Waals surface area contributed by atoms with Gasteiger partial charge < -0.3 is 35.0 Å². The number of hydrogen-bond donors (Lipinski definition) is 3. The number of oxazole rings is 1. The summed E-state index contributed by atoms with van der Waals surface area (Å²) in [6.45, 7) is 6.46. The smallest absolute Gasteiger partial charge is 0.256 e. The van der Waals surface area contributed by atoms with Crippen molar-refractivity contribution in [3.05, 3.63) is 60.7 Å². The molecule has 4 aromatic rings. The van der Waals surface area contributed by atoms with E-state index >= 15 is 0 Å². The summed E-state index contributed by atoms with van der Waals surface area (Å²) in [5.74, 6) is 1.97. The van der Waals surface area contributed by atoms with E-state index in [1.165, 1.54) is 25.6 Å². The van der Waals surface area contributed by atoms with Crippen LogP contribution in [0, 0.1) is 11.3 Å². The molecule has 1 aliphatic heterocycles. The number of nitrogens with zero attached hydrogens (tertiary/aromatic N) is 7. The SMILES string of the molecule is C1COCCN1.C[C@@H](CN=CN)Oc1cc(-c2cnc(Nc3cn(C4CCCCC4)nc3OCCc3ncco3)nc2)ccc1C#N. The van der Waals surface area contributed by atoms with Gasteiger partial charge in [-0.2, -0.15) is 5.26 Å². The van der Waals surface area contributed by atoms with Crippen molar-refractivity contribution in [2.45, 2.75) is 57.6 Å². The van der Waals surface area contributed by atoms with E-state index in [2.05, 4.69) is 36.6 Å². The largest absolute Gasteiger partial charge is 0.487 e. The van der Waals surface area contributed by atoms with Crippen molar-refractivity contribution in [1.82, 2.24) is 30.0 Å². The molecule has 1 aliphatic carbocycles. The predicted molar refractivity (Wildman–Crippen MR) is 177 cm³/mol. The first-order valence-electron chi connectivity index (χ1n) is 16.0. The molecule has 4 heterocycles. The van der Waals surface area contributed by atoms with Crippen molar-refractivity contribution in [2.75, 3.05) is 44.8 Å². The molecular weight excluding hydrogens is 600 g/mol. The summed E-state index contributed by atoms with van der Waals surface area (Å²) in [5, 5.41) is 20.7. The van der Waals surface area contributed by atoms with Crippen LogP contribution in [0.15, 0.2) is 58.7 Å². The van der Waals surface area contributed by atoms with E-state index in [0.29, 0.717) is 60.3 Å². The molecule has 14 heteroatoms. The van der Waals surface area contributed by atoms with Gasteiger partial charge in [-0.3, -0.25) is 9.67 Å². The third kappa shape index (κ3) is 9.99. The number of rotatable bonds is 12. The fraction of sp³-hybridized carbons (Fsp3) is 0.455. The van der Waals surface area contributed by atoms with E-state index in [0.717, 1.165) is 50.3 Å². The molecule has 6 rings (SSSR count). The average Bonchev–Trinajstić information content (AvgIpc) is 3.79. The molecule has 248 valence electrons. The highest BCUT2D eigenvalue weighted by Crippen LogP contribution is 2.33. The van der Waals surface area contributed by atoms with Crippen molar-refractivity contribution < 1.29 is 18.6 Å². The van der Waals surface area contributed by atoms with Gasteiger partial charge >= 0.3 is 0 Å². The van der Waals surface area contributed by atoms with Crippen molar-refractivity contribution in [2.24, 2.45) is 10.7 Å². The second-order valence-corrected chi connectivity index (χ2v) is 11.2. The third-order valence-electron chi connectivity index (χ3n) is 7.66. The van der Waals surface area contributed by atoms with Crippen molar-refractivity contribution in [3.63, 3.8) is 0 Å². The fourth-order valence-electron chi connectivity index (χ4n) is 5.24. The molecule has 0 unspecified atom stereocenters. The van der Waals surface area contributed by atoms with E-state index in [9.17, 15) is 5.26 Å².